The van der Waals surface area contributed by atoms with Gasteiger partial charge in [-0.3, -0.25) is 9.98 Å². The van der Waals surface area contributed by atoms with Crippen LogP contribution in [0.3, 0.4) is 0 Å². The molecule has 0 bridgehead atoms. The first-order chi connectivity index (χ1) is 19.6. The van der Waals surface area contributed by atoms with Crippen molar-refractivity contribution in [2.75, 3.05) is 13.1 Å². The van der Waals surface area contributed by atoms with Gasteiger partial charge in [-0.2, -0.15) is 0 Å². The van der Waals surface area contributed by atoms with Crippen LogP contribution in [0, 0.1) is 0 Å². The SMILES string of the molecule is O/C(=C\C(Cc1ccccc1)=NCCN=C(/C=C(\O)Cc1ccccc1)Cc1ccccc1)Cc1ccccc1.[Cu+2]. The van der Waals surface area contributed by atoms with E-state index >= 15 is 0 Å². The molecule has 4 rings (SSSR count). The molecule has 2 N–H and O–H groups in total. The van der Waals surface area contributed by atoms with Crippen LogP contribution in [0.5, 0.6) is 0 Å². The molecule has 0 atom stereocenters. The van der Waals surface area contributed by atoms with E-state index in [2.05, 4.69) is 24.3 Å². The van der Waals surface area contributed by atoms with Crippen molar-refractivity contribution in [1.82, 2.24) is 0 Å². The third-order valence-electron chi connectivity index (χ3n) is 6.31. The zero-order valence-corrected chi connectivity index (χ0v) is 24.0. The summed E-state index contributed by atoms with van der Waals surface area (Å²) >= 11 is 0. The maximum Gasteiger partial charge on any atom is 2.00 e. The quantitative estimate of drug-likeness (QED) is 0.0723. The van der Waals surface area contributed by atoms with Crippen molar-refractivity contribution < 1.29 is 27.3 Å². The van der Waals surface area contributed by atoms with Crippen molar-refractivity contribution in [3.63, 3.8) is 0 Å². The van der Waals surface area contributed by atoms with Crippen molar-refractivity contribution in [3.8, 4) is 0 Å². The molecule has 4 aromatic carbocycles. The molecule has 4 aromatic rings. The molecule has 0 unspecified atom stereocenters. The third kappa shape index (κ3) is 11.8. The molecule has 211 valence electrons. The molecule has 0 aliphatic heterocycles. The first-order valence-corrected chi connectivity index (χ1v) is 13.7. The summed E-state index contributed by atoms with van der Waals surface area (Å²) in [6.45, 7) is 0.950. The molecule has 0 saturated heterocycles. The van der Waals surface area contributed by atoms with Crippen molar-refractivity contribution in [2.45, 2.75) is 25.7 Å². The molecule has 0 spiro atoms. The predicted molar refractivity (Wildman–Crippen MR) is 167 cm³/mol. The maximum atomic E-state index is 10.7. The minimum atomic E-state index is 0. The Morgan fingerprint density at radius 2 is 0.707 bits per heavy atom. The Labute approximate surface area is 254 Å². The largest absolute Gasteiger partial charge is 2.00 e. The van der Waals surface area contributed by atoms with Crippen LogP contribution in [0.4, 0.5) is 0 Å². The fourth-order valence-electron chi connectivity index (χ4n) is 4.40. The van der Waals surface area contributed by atoms with Gasteiger partial charge in [0.2, 0.25) is 0 Å². The second kappa shape index (κ2) is 17.5. The number of aliphatic hydroxyl groups is 2. The third-order valence-corrected chi connectivity index (χ3v) is 6.31. The summed E-state index contributed by atoms with van der Waals surface area (Å²) in [5.41, 5.74) is 5.98. The Bertz CT molecular complexity index is 1320. The van der Waals surface area contributed by atoms with Gasteiger partial charge in [-0.15, -0.1) is 0 Å². The Balaban J connectivity index is 0.00000462. The van der Waals surface area contributed by atoms with Gasteiger partial charge >= 0.3 is 17.1 Å². The molecule has 41 heavy (non-hydrogen) atoms. The number of aliphatic imine (C=N–C) groups is 2. The summed E-state index contributed by atoms with van der Waals surface area (Å²) in [6.07, 6.45) is 5.72. The van der Waals surface area contributed by atoms with Crippen molar-refractivity contribution >= 4 is 11.4 Å². The van der Waals surface area contributed by atoms with Gasteiger partial charge < -0.3 is 10.2 Å². The van der Waals surface area contributed by atoms with Crippen LogP contribution in [0.15, 0.2) is 155 Å². The van der Waals surface area contributed by atoms with Crippen molar-refractivity contribution in [2.24, 2.45) is 9.98 Å². The molecule has 0 aliphatic carbocycles. The van der Waals surface area contributed by atoms with E-state index in [1.54, 1.807) is 12.2 Å². The molecule has 5 heteroatoms. The average Bonchev–Trinajstić information content (AvgIpc) is 2.97. The van der Waals surface area contributed by atoms with Gasteiger partial charge in [-0.05, 0) is 34.4 Å². The van der Waals surface area contributed by atoms with E-state index in [1.807, 2.05) is 97.1 Å². The van der Waals surface area contributed by atoms with Gasteiger partial charge in [-0.25, -0.2) is 0 Å². The van der Waals surface area contributed by atoms with Crippen LogP contribution in [0.2, 0.25) is 0 Å². The van der Waals surface area contributed by atoms with E-state index in [4.69, 9.17) is 9.98 Å². The van der Waals surface area contributed by atoms with Gasteiger partial charge in [0, 0.05) is 37.1 Å². The topological polar surface area (TPSA) is 65.2 Å². The zero-order valence-electron chi connectivity index (χ0n) is 23.0. The van der Waals surface area contributed by atoms with Gasteiger partial charge in [0.15, 0.2) is 0 Å². The van der Waals surface area contributed by atoms with E-state index in [0.29, 0.717) is 38.8 Å². The summed E-state index contributed by atoms with van der Waals surface area (Å²) in [7, 11) is 0. The number of benzene rings is 4. The molecule has 0 heterocycles. The Kier molecular flexibility index (Phi) is 13.4. The van der Waals surface area contributed by atoms with Gasteiger partial charge in [0.1, 0.15) is 0 Å². The molecule has 0 aliphatic rings. The molecular formula is C36H36CuN2O2+2. The summed E-state index contributed by atoms with van der Waals surface area (Å²) in [5.74, 6) is 0.561. The zero-order chi connectivity index (χ0) is 27.8. The molecular weight excluding hydrogens is 556 g/mol. The van der Waals surface area contributed by atoms with Crippen LogP contribution < -0.4 is 0 Å². The van der Waals surface area contributed by atoms with Crippen molar-refractivity contribution in [3.05, 3.63) is 167 Å². The molecule has 1 radical (unpaired) electrons. The monoisotopic (exact) mass is 591 g/mol. The van der Waals surface area contributed by atoms with E-state index in [-0.39, 0.29) is 28.6 Å². The minimum absolute atomic E-state index is 0. The number of hydrogen-bond acceptors (Lipinski definition) is 4. The second-order valence-electron chi connectivity index (χ2n) is 9.67. The van der Waals surface area contributed by atoms with Crippen LogP contribution in [-0.2, 0) is 42.8 Å². The van der Waals surface area contributed by atoms with Crippen LogP contribution in [0.1, 0.15) is 22.3 Å². The van der Waals surface area contributed by atoms with Gasteiger partial charge in [-0.1, -0.05) is 121 Å². The minimum Gasteiger partial charge on any atom is -0.512 e. The fourth-order valence-corrected chi connectivity index (χ4v) is 4.40. The average molecular weight is 592 g/mol. The number of rotatable bonds is 13. The molecule has 0 amide bonds. The maximum absolute atomic E-state index is 10.7. The van der Waals surface area contributed by atoms with Crippen LogP contribution in [-0.4, -0.2) is 34.7 Å². The van der Waals surface area contributed by atoms with E-state index in [1.165, 1.54) is 0 Å². The predicted octanol–water partition coefficient (Wildman–Crippen LogP) is 7.72. The Morgan fingerprint density at radius 1 is 0.439 bits per heavy atom. The number of aliphatic hydroxyl groups excluding tert-OH is 2. The van der Waals surface area contributed by atoms with E-state index in [0.717, 1.165) is 33.7 Å². The van der Waals surface area contributed by atoms with Crippen LogP contribution in [0.25, 0.3) is 0 Å². The normalized spacial score (nSPS) is 12.6. The van der Waals surface area contributed by atoms with Gasteiger partial charge in [0.25, 0.3) is 0 Å². The first kappa shape index (κ1) is 31.3. The summed E-state index contributed by atoms with van der Waals surface area (Å²) in [4.78, 5) is 9.63. The summed E-state index contributed by atoms with van der Waals surface area (Å²) in [6, 6.07) is 40.1. The fraction of sp³-hybridized carbons (Fsp3) is 0.167. The smallest absolute Gasteiger partial charge is 0.512 e. The molecule has 4 nitrogen and oxygen atoms in total. The molecule has 0 fully saturated rings. The van der Waals surface area contributed by atoms with E-state index in [9.17, 15) is 10.2 Å². The summed E-state index contributed by atoms with van der Waals surface area (Å²) in [5, 5.41) is 21.4. The van der Waals surface area contributed by atoms with E-state index < -0.39 is 0 Å². The number of allylic oxidation sites excluding steroid dienone is 4. The standard InChI is InChI=1S/C36H36N2O2.Cu/c39-35(25-31-17-9-3-10-18-31)27-33(23-29-13-5-1-6-14-29)37-21-22-38-34(24-30-15-7-2-8-16-30)28-36(40)26-32-19-11-4-12-20-32;/h1-20,27-28,39-40H,21-26H2;/q;+2/b35-27-,36-28-,37-33?,38-34?;. The molecule has 0 aromatic heterocycles. The van der Waals surface area contributed by atoms with Gasteiger partial charge in [0.05, 0.1) is 24.6 Å². The second-order valence-corrected chi connectivity index (χ2v) is 9.67. The number of hydrogen-bond donors (Lipinski definition) is 2. The Hall–Kier alpha value is -4.18. The van der Waals surface area contributed by atoms with Crippen LogP contribution >= 0.6 is 0 Å². The first-order valence-electron chi connectivity index (χ1n) is 13.7. The molecule has 0 saturated carbocycles. The Morgan fingerprint density at radius 3 is 1.00 bits per heavy atom. The number of nitrogens with zero attached hydrogens (tertiary/aromatic N) is 2. The summed E-state index contributed by atoms with van der Waals surface area (Å²) < 4.78 is 0. The van der Waals surface area contributed by atoms with Crippen molar-refractivity contribution in [1.29, 1.82) is 0 Å².